The van der Waals surface area contributed by atoms with E-state index in [0.29, 0.717) is 18.8 Å². The Bertz CT molecular complexity index is 1130. The molecule has 1 unspecified atom stereocenters. The molecule has 1 heterocycles. The average molecular weight is 462 g/mol. The Morgan fingerprint density at radius 2 is 1.68 bits per heavy atom. The molecular weight excluding hydrogens is 426 g/mol. The van der Waals surface area contributed by atoms with Crippen LogP contribution in [0.3, 0.4) is 0 Å². The van der Waals surface area contributed by atoms with Crippen LogP contribution in [0.2, 0.25) is 0 Å². The van der Waals surface area contributed by atoms with Gasteiger partial charge in [0.05, 0.1) is 5.69 Å². The molecule has 2 aromatic carbocycles. The van der Waals surface area contributed by atoms with Crippen molar-refractivity contribution >= 4 is 28.4 Å². The summed E-state index contributed by atoms with van der Waals surface area (Å²) in [6, 6.07) is 19.6. The smallest absolute Gasteiger partial charge is 0.272 e. The number of amides is 2. The van der Waals surface area contributed by atoms with Crippen LogP contribution in [0.1, 0.15) is 57.9 Å². The molecule has 0 bridgehead atoms. The lowest BCUT2D eigenvalue weighted by molar-refractivity contribution is -0.124. The first-order valence-corrected chi connectivity index (χ1v) is 11.4. The monoisotopic (exact) mass is 461 g/mol. The number of pyridine rings is 1. The summed E-state index contributed by atoms with van der Waals surface area (Å²) in [7, 11) is 0. The minimum absolute atomic E-state index is 0. The van der Waals surface area contributed by atoms with Crippen LogP contribution in [0.5, 0.6) is 0 Å². The van der Waals surface area contributed by atoms with Gasteiger partial charge in [-0.15, -0.1) is 0 Å². The predicted molar refractivity (Wildman–Crippen MR) is 138 cm³/mol. The van der Waals surface area contributed by atoms with Crippen molar-refractivity contribution in [2.24, 2.45) is 0 Å². The molecule has 0 aliphatic rings. The molecule has 1 aromatic heterocycles. The number of ketones is 1. The van der Waals surface area contributed by atoms with Crippen molar-refractivity contribution in [3.05, 3.63) is 66.4 Å². The molecule has 0 spiro atoms. The van der Waals surface area contributed by atoms with E-state index in [-0.39, 0.29) is 43.9 Å². The predicted octanol–water partition coefficient (Wildman–Crippen LogP) is 5.26. The largest absolute Gasteiger partial charge is 0.354 e. The molecule has 3 rings (SSSR count). The van der Waals surface area contributed by atoms with E-state index in [1.54, 1.807) is 4.90 Å². The van der Waals surface area contributed by atoms with Gasteiger partial charge in [0.25, 0.3) is 5.91 Å². The van der Waals surface area contributed by atoms with E-state index in [9.17, 15) is 14.4 Å². The molecule has 1 N–H and O–H groups in total. The number of aromatic nitrogens is 1. The summed E-state index contributed by atoms with van der Waals surface area (Å²) in [4.78, 5) is 43.2. The van der Waals surface area contributed by atoms with Crippen molar-refractivity contribution < 1.29 is 14.4 Å². The van der Waals surface area contributed by atoms with Gasteiger partial charge in [-0.1, -0.05) is 68.9 Å². The second-order valence-electron chi connectivity index (χ2n) is 8.25. The van der Waals surface area contributed by atoms with Gasteiger partial charge in [0, 0.05) is 42.9 Å². The quantitative estimate of drug-likeness (QED) is 0.446. The number of hydrogen-bond donors (Lipinski definition) is 1. The number of benzene rings is 2. The summed E-state index contributed by atoms with van der Waals surface area (Å²) < 4.78 is 0. The van der Waals surface area contributed by atoms with Crippen molar-refractivity contribution in [2.75, 3.05) is 13.1 Å². The summed E-state index contributed by atoms with van der Waals surface area (Å²) in [5.41, 5.74) is 2.12. The van der Waals surface area contributed by atoms with Gasteiger partial charge in [-0.05, 0) is 31.7 Å². The fourth-order valence-corrected chi connectivity index (χ4v) is 3.71. The lowest BCUT2D eigenvalue weighted by Crippen LogP contribution is -2.43. The molecule has 180 valence electrons. The molecule has 1 atom stereocenters. The highest BCUT2D eigenvalue weighted by molar-refractivity contribution is 6.01. The van der Waals surface area contributed by atoms with Gasteiger partial charge in [0.2, 0.25) is 5.91 Å². The number of carbonyl (C=O) groups excluding carboxylic acids is 3. The van der Waals surface area contributed by atoms with Crippen molar-refractivity contribution in [1.29, 1.82) is 0 Å². The second-order valence-corrected chi connectivity index (χ2v) is 8.25. The number of nitrogens with zero attached hydrogens (tertiary/aromatic N) is 2. The third kappa shape index (κ3) is 6.73. The van der Waals surface area contributed by atoms with Gasteiger partial charge < -0.3 is 15.0 Å². The summed E-state index contributed by atoms with van der Waals surface area (Å²) in [6.45, 7) is 6.19. The Labute approximate surface area is 202 Å². The number of carbonyl (C=O) groups is 3. The number of fused-ring (bicyclic) bond motifs is 1. The van der Waals surface area contributed by atoms with Gasteiger partial charge in [-0.25, -0.2) is 4.98 Å². The summed E-state index contributed by atoms with van der Waals surface area (Å²) in [6.07, 6.45) is 1.17. The Morgan fingerprint density at radius 3 is 2.35 bits per heavy atom. The maximum atomic E-state index is 13.6. The van der Waals surface area contributed by atoms with Crippen LogP contribution in [0, 0.1) is 0 Å². The van der Waals surface area contributed by atoms with Crippen LogP contribution in [0.15, 0.2) is 60.7 Å². The molecule has 6 heteroatoms. The molecule has 0 radical (unpaired) electrons. The summed E-state index contributed by atoms with van der Waals surface area (Å²) >= 11 is 0. The molecule has 3 aromatic rings. The van der Waals surface area contributed by atoms with Gasteiger partial charge in [0.1, 0.15) is 11.5 Å². The van der Waals surface area contributed by atoms with Gasteiger partial charge >= 0.3 is 0 Å². The highest BCUT2D eigenvalue weighted by atomic mass is 16.2. The van der Waals surface area contributed by atoms with Crippen LogP contribution in [-0.2, 0) is 9.59 Å². The van der Waals surface area contributed by atoms with E-state index in [1.807, 2.05) is 74.5 Å². The van der Waals surface area contributed by atoms with E-state index < -0.39 is 0 Å². The first kappa shape index (κ1) is 26.7. The highest BCUT2D eigenvalue weighted by Crippen LogP contribution is 2.28. The fraction of sp³-hybridized carbons (Fsp3) is 0.357. The Morgan fingerprint density at radius 1 is 1.00 bits per heavy atom. The van der Waals surface area contributed by atoms with E-state index in [2.05, 4.69) is 5.32 Å². The zero-order valence-corrected chi connectivity index (χ0v) is 19.5. The molecule has 0 aliphatic heterocycles. The van der Waals surface area contributed by atoms with E-state index in [1.165, 1.54) is 6.92 Å². The molecule has 2 amide bonds. The van der Waals surface area contributed by atoms with Crippen LogP contribution in [0.4, 0.5) is 0 Å². The highest BCUT2D eigenvalue weighted by Gasteiger charge is 2.23. The normalized spacial score (nSPS) is 11.4. The van der Waals surface area contributed by atoms with Crippen molar-refractivity contribution in [3.8, 4) is 11.3 Å². The molecule has 0 fully saturated rings. The molecule has 34 heavy (non-hydrogen) atoms. The van der Waals surface area contributed by atoms with Crippen molar-refractivity contribution in [3.63, 3.8) is 0 Å². The van der Waals surface area contributed by atoms with Gasteiger partial charge in [-0.2, -0.15) is 0 Å². The fourth-order valence-electron chi connectivity index (χ4n) is 3.71. The van der Waals surface area contributed by atoms with Crippen LogP contribution in [-0.4, -0.2) is 46.6 Å². The van der Waals surface area contributed by atoms with Crippen LogP contribution in [0.25, 0.3) is 22.0 Å². The van der Waals surface area contributed by atoms with Crippen molar-refractivity contribution in [1.82, 2.24) is 15.2 Å². The van der Waals surface area contributed by atoms with Crippen LogP contribution >= 0.6 is 0 Å². The Kier molecular flexibility index (Phi) is 9.92. The van der Waals surface area contributed by atoms with E-state index in [4.69, 9.17) is 4.98 Å². The van der Waals surface area contributed by atoms with Gasteiger partial charge in [0.15, 0.2) is 0 Å². The lowest BCUT2D eigenvalue weighted by atomic mass is 10.0. The Balaban J connectivity index is 0.00000408. The molecule has 0 saturated heterocycles. The summed E-state index contributed by atoms with van der Waals surface area (Å²) in [5.74, 6) is -0.361. The Hall–Kier alpha value is -3.54. The number of rotatable bonds is 10. The number of nitrogens with one attached hydrogen (secondary N) is 1. The van der Waals surface area contributed by atoms with E-state index >= 15 is 0 Å². The maximum Gasteiger partial charge on any atom is 0.272 e. The zero-order chi connectivity index (χ0) is 23.8. The van der Waals surface area contributed by atoms with Crippen LogP contribution < -0.4 is 5.32 Å². The third-order valence-corrected chi connectivity index (χ3v) is 5.77. The minimum Gasteiger partial charge on any atom is -0.354 e. The van der Waals surface area contributed by atoms with E-state index in [0.717, 1.165) is 28.5 Å². The topological polar surface area (TPSA) is 79.4 Å². The lowest BCUT2D eigenvalue weighted by Gasteiger charge is -2.28. The first-order chi connectivity index (χ1) is 15.9. The van der Waals surface area contributed by atoms with Gasteiger partial charge in [-0.3, -0.25) is 9.59 Å². The molecular formula is C28H35N3O3. The minimum atomic E-state index is -0.183. The molecule has 6 nitrogen and oxygen atoms in total. The third-order valence-electron chi connectivity index (χ3n) is 5.77. The first-order valence-electron chi connectivity index (χ1n) is 11.4. The molecule has 0 saturated carbocycles. The molecule has 0 aliphatic carbocycles. The SMILES string of the molecule is C.CCC(C)N(CCNC(=O)CCC(C)=O)C(=O)c1cc2ccccc2c(-c2ccccc2)n1. The maximum absolute atomic E-state index is 13.6. The number of hydrogen-bond acceptors (Lipinski definition) is 4. The zero-order valence-electron chi connectivity index (χ0n) is 19.5. The van der Waals surface area contributed by atoms with Crippen molar-refractivity contribution in [2.45, 2.75) is 53.5 Å². The second kappa shape index (κ2) is 12.6. The standard InChI is InChI=1S/C27H31N3O3.CH4/c1-4-19(2)30(17-16-28-25(32)15-14-20(3)31)27(33)24-18-22-12-8-9-13-23(22)26(29-24)21-10-6-5-7-11-21;/h5-13,18-19H,4,14-17H2,1-3H3,(H,28,32);1H4. The number of Topliss-reactive ketones (excluding diaryl/α,β-unsaturated/α-hetero) is 1. The summed E-state index contributed by atoms with van der Waals surface area (Å²) in [5, 5.41) is 4.76. The average Bonchev–Trinajstić information content (AvgIpc) is 2.84.